The first-order valence-corrected chi connectivity index (χ1v) is 4.53. The minimum absolute atomic E-state index is 0.256. The molecule has 0 amide bonds. The number of halogens is 4. The van der Waals surface area contributed by atoms with Gasteiger partial charge in [0.05, 0.1) is 12.0 Å². The first kappa shape index (κ1) is 12.0. The van der Waals surface area contributed by atoms with Crippen LogP contribution in [-0.4, -0.2) is 16.1 Å². The molecule has 0 unspecified atom stereocenters. The highest BCUT2D eigenvalue weighted by Crippen LogP contribution is 2.36. The molecule has 7 heteroatoms. The summed E-state index contributed by atoms with van der Waals surface area (Å²) in [6, 6.07) is 0. The lowest BCUT2D eigenvalue weighted by molar-refractivity contribution is -0.140. The molecular weight excluding hydrogens is 279 g/mol. The van der Waals surface area contributed by atoms with E-state index in [0.29, 0.717) is 0 Å². The molecule has 3 nitrogen and oxygen atoms in total. The lowest BCUT2D eigenvalue weighted by Gasteiger charge is -2.12. The van der Waals surface area contributed by atoms with Crippen molar-refractivity contribution in [3.05, 3.63) is 28.0 Å². The predicted molar refractivity (Wildman–Crippen MR) is 48.3 cm³/mol. The largest absolute Gasteiger partial charge is 0.481 e. The van der Waals surface area contributed by atoms with Crippen LogP contribution in [0.4, 0.5) is 13.2 Å². The number of hydrogen-bond acceptors (Lipinski definition) is 2. The summed E-state index contributed by atoms with van der Waals surface area (Å²) in [4.78, 5) is 13.8. The summed E-state index contributed by atoms with van der Waals surface area (Å²) < 4.78 is 37.3. The Morgan fingerprint density at radius 3 is 2.53 bits per heavy atom. The van der Waals surface area contributed by atoms with Gasteiger partial charge in [0.1, 0.15) is 0 Å². The Kier molecular flexibility index (Phi) is 3.33. The maximum Gasteiger partial charge on any atom is 0.417 e. The number of aliphatic carboxylic acids is 1. The van der Waals surface area contributed by atoms with Crippen LogP contribution in [0.1, 0.15) is 11.1 Å². The van der Waals surface area contributed by atoms with E-state index in [0.717, 1.165) is 12.4 Å². The summed E-state index contributed by atoms with van der Waals surface area (Å²) in [5.41, 5.74) is -1.34. The van der Waals surface area contributed by atoms with Crippen molar-refractivity contribution >= 4 is 21.9 Å². The molecule has 82 valence electrons. The van der Waals surface area contributed by atoms with Crippen molar-refractivity contribution in [2.75, 3.05) is 0 Å². The molecule has 0 spiro atoms. The molecule has 1 heterocycles. The molecule has 0 fully saturated rings. The molecule has 0 atom stereocenters. The van der Waals surface area contributed by atoms with Crippen molar-refractivity contribution in [2.24, 2.45) is 0 Å². The second kappa shape index (κ2) is 4.18. The van der Waals surface area contributed by atoms with Gasteiger partial charge in [-0.2, -0.15) is 13.2 Å². The van der Waals surface area contributed by atoms with E-state index in [1.54, 1.807) is 0 Å². The zero-order valence-corrected chi connectivity index (χ0v) is 8.76. The van der Waals surface area contributed by atoms with E-state index in [-0.39, 0.29) is 10.0 Å². The van der Waals surface area contributed by atoms with Crippen molar-refractivity contribution in [1.29, 1.82) is 0 Å². The number of hydrogen-bond donors (Lipinski definition) is 1. The van der Waals surface area contributed by atoms with Gasteiger partial charge >= 0.3 is 12.1 Å². The smallest absolute Gasteiger partial charge is 0.417 e. The van der Waals surface area contributed by atoms with Gasteiger partial charge in [0.25, 0.3) is 0 Å². The van der Waals surface area contributed by atoms with Crippen LogP contribution in [0.2, 0.25) is 0 Å². The van der Waals surface area contributed by atoms with E-state index < -0.39 is 24.1 Å². The van der Waals surface area contributed by atoms with Crippen LogP contribution >= 0.6 is 15.9 Å². The number of carboxylic acids is 1. The fourth-order valence-corrected chi connectivity index (χ4v) is 1.69. The number of alkyl halides is 3. The van der Waals surface area contributed by atoms with Crippen molar-refractivity contribution in [3.8, 4) is 0 Å². The average molecular weight is 284 g/mol. The molecule has 1 aromatic rings. The number of carboxylic acid groups (broad SMARTS) is 1. The third-order valence-electron chi connectivity index (χ3n) is 1.60. The van der Waals surface area contributed by atoms with E-state index >= 15 is 0 Å². The zero-order valence-electron chi connectivity index (χ0n) is 7.18. The molecule has 0 saturated heterocycles. The number of rotatable bonds is 2. The molecule has 1 aromatic heterocycles. The van der Waals surface area contributed by atoms with Crippen LogP contribution in [0.5, 0.6) is 0 Å². The van der Waals surface area contributed by atoms with E-state index in [2.05, 4.69) is 20.9 Å². The van der Waals surface area contributed by atoms with Crippen LogP contribution < -0.4 is 0 Å². The van der Waals surface area contributed by atoms with Crippen molar-refractivity contribution in [1.82, 2.24) is 4.98 Å². The fourth-order valence-electron chi connectivity index (χ4n) is 1.09. The van der Waals surface area contributed by atoms with Gasteiger partial charge in [-0.05, 0) is 21.5 Å². The Morgan fingerprint density at radius 1 is 1.47 bits per heavy atom. The number of aromatic nitrogens is 1. The molecule has 0 bridgehead atoms. The second-order valence-corrected chi connectivity index (χ2v) is 3.58. The summed E-state index contributed by atoms with van der Waals surface area (Å²) in [7, 11) is 0. The predicted octanol–water partition coefficient (Wildman–Crippen LogP) is 2.49. The summed E-state index contributed by atoms with van der Waals surface area (Å²) >= 11 is 2.70. The normalized spacial score (nSPS) is 11.5. The summed E-state index contributed by atoms with van der Waals surface area (Å²) in [6.45, 7) is 0. The zero-order chi connectivity index (χ0) is 11.6. The maximum atomic E-state index is 12.5. The second-order valence-electron chi connectivity index (χ2n) is 2.72. The van der Waals surface area contributed by atoms with Crippen molar-refractivity contribution in [3.63, 3.8) is 0 Å². The molecule has 0 aliphatic carbocycles. The molecule has 0 saturated carbocycles. The third-order valence-corrected chi connectivity index (χ3v) is 2.20. The Labute approximate surface area is 91.1 Å². The van der Waals surface area contributed by atoms with Gasteiger partial charge in [0.2, 0.25) is 0 Å². The highest BCUT2D eigenvalue weighted by atomic mass is 79.9. The molecule has 0 aromatic carbocycles. The molecule has 1 N–H and O–H groups in total. The van der Waals surface area contributed by atoms with Crippen LogP contribution in [-0.2, 0) is 17.4 Å². The Morgan fingerprint density at radius 2 is 2.07 bits per heavy atom. The van der Waals surface area contributed by atoms with Crippen LogP contribution in [0.3, 0.4) is 0 Å². The fraction of sp³-hybridized carbons (Fsp3) is 0.250. The molecule has 0 aliphatic heterocycles. The SMILES string of the molecule is O=C(O)Cc1cncc(Br)c1C(F)(F)F. The first-order chi connectivity index (χ1) is 6.82. The average Bonchev–Trinajstić information content (AvgIpc) is 1.99. The minimum atomic E-state index is -4.59. The van der Waals surface area contributed by atoms with Crippen molar-refractivity contribution < 1.29 is 23.1 Å². The highest BCUT2D eigenvalue weighted by Gasteiger charge is 2.36. The standard InChI is InChI=1S/C8H5BrF3NO2/c9-5-3-13-2-4(1-6(14)15)7(5)8(10,11)12/h2-3H,1H2,(H,14,15). The van der Waals surface area contributed by atoms with Gasteiger partial charge in [-0.25, -0.2) is 0 Å². The van der Waals surface area contributed by atoms with Gasteiger partial charge in [0.15, 0.2) is 0 Å². The van der Waals surface area contributed by atoms with E-state index in [1.165, 1.54) is 0 Å². The number of pyridine rings is 1. The Hall–Kier alpha value is -1.11. The van der Waals surface area contributed by atoms with Gasteiger partial charge in [0, 0.05) is 16.9 Å². The lowest BCUT2D eigenvalue weighted by atomic mass is 10.1. The van der Waals surface area contributed by atoms with Gasteiger partial charge in [-0.3, -0.25) is 9.78 Å². The molecule has 0 aliphatic rings. The topological polar surface area (TPSA) is 50.2 Å². The maximum absolute atomic E-state index is 12.5. The number of carbonyl (C=O) groups is 1. The quantitative estimate of drug-likeness (QED) is 0.907. The summed E-state index contributed by atoms with van der Waals surface area (Å²) in [6.07, 6.45) is -3.41. The Balaban J connectivity index is 3.27. The van der Waals surface area contributed by atoms with Crippen LogP contribution in [0, 0.1) is 0 Å². The van der Waals surface area contributed by atoms with Crippen LogP contribution in [0.15, 0.2) is 16.9 Å². The summed E-state index contributed by atoms with van der Waals surface area (Å²) in [5.74, 6) is -1.33. The van der Waals surface area contributed by atoms with Gasteiger partial charge in [-0.1, -0.05) is 0 Å². The minimum Gasteiger partial charge on any atom is -0.481 e. The van der Waals surface area contributed by atoms with E-state index in [1.807, 2.05) is 0 Å². The van der Waals surface area contributed by atoms with Crippen molar-refractivity contribution in [2.45, 2.75) is 12.6 Å². The van der Waals surface area contributed by atoms with E-state index in [9.17, 15) is 18.0 Å². The molecule has 1 rings (SSSR count). The lowest BCUT2D eigenvalue weighted by Crippen LogP contribution is -2.13. The molecule has 0 radical (unpaired) electrons. The first-order valence-electron chi connectivity index (χ1n) is 3.73. The van der Waals surface area contributed by atoms with E-state index in [4.69, 9.17) is 5.11 Å². The highest BCUT2D eigenvalue weighted by molar-refractivity contribution is 9.10. The Bertz CT molecular complexity index is 392. The number of nitrogens with zero attached hydrogens (tertiary/aromatic N) is 1. The van der Waals surface area contributed by atoms with Crippen LogP contribution in [0.25, 0.3) is 0 Å². The monoisotopic (exact) mass is 283 g/mol. The molecule has 15 heavy (non-hydrogen) atoms. The van der Waals surface area contributed by atoms with Gasteiger partial charge < -0.3 is 5.11 Å². The molecular formula is C8H5BrF3NO2. The third kappa shape index (κ3) is 2.92. The van der Waals surface area contributed by atoms with Gasteiger partial charge in [-0.15, -0.1) is 0 Å². The summed E-state index contributed by atoms with van der Waals surface area (Å²) in [5, 5.41) is 8.44.